The average molecular weight is 486 g/mol. The molecule has 0 aromatic heterocycles. The maximum Gasteiger partial charge on any atom is 0.308 e. The molecule has 3 rings (SSSR count). The Morgan fingerprint density at radius 1 is 1.06 bits per heavy atom. The number of fused-ring (bicyclic) bond motifs is 1. The van der Waals surface area contributed by atoms with E-state index in [1.165, 1.54) is 11.8 Å². The van der Waals surface area contributed by atoms with Crippen LogP contribution in [0.3, 0.4) is 0 Å². The van der Waals surface area contributed by atoms with E-state index in [0.29, 0.717) is 22.8 Å². The number of carboxylic acid groups (broad SMARTS) is 1. The molecule has 0 saturated heterocycles. The lowest BCUT2D eigenvalue weighted by molar-refractivity contribution is -0.141. The van der Waals surface area contributed by atoms with Crippen LogP contribution in [0.2, 0.25) is 5.02 Å². The van der Waals surface area contributed by atoms with Crippen LogP contribution < -0.4 is 10.6 Å². The molecule has 0 bridgehead atoms. The normalized spacial score (nSPS) is 14.7. The van der Waals surface area contributed by atoms with Gasteiger partial charge in [-0.3, -0.25) is 14.4 Å². The largest absolute Gasteiger partial charge is 0.481 e. The Balaban J connectivity index is 1.91. The Morgan fingerprint density at radius 2 is 1.74 bits per heavy atom. The fourth-order valence-corrected chi connectivity index (χ4v) is 4.23. The van der Waals surface area contributed by atoms with Crippen LogP contribution in [0.1, 0.15) is 54.1 Å². The molecule has 1 unspecified atom stereocenters. The summed E-state index contributed by atoms with van der Waals surface area (Å²) in [5.74, 6) is -2.36. The van der Waals surface area contributed by atoms with Crippen molar-refractivity contribution >= 4 is 35.1 Å². The number of unbranched alkanes of at least 4 members (excludes halogenated alkanes) is 3. The van der Waals surface area contributed by atoms with Crippen molar-refractivity contribution in [1.82, 2.24) is 4.90 Å². The number of nitrogens with two attached hydrogens (primary N) is 1. The minimum Gasteiger partial charge on any atom is -0.481 e. The molecule has 2 amide bonds. The standard InChI is InChI=1S/C26H32ClN3O4/c1-18(26(33)34)15-29-17-24(31)30(16-20-7-10-21(27)11-8-20)23-12-9-19(14-22(23)25(29)32)6-4-2-3-5-13-28/h7-12,14,18H,2-6,13,15-17,28H2,1H3,(H,33,34). The lowest BCUT2D eigenvalue weighted by Gasteiger charge is -2.23. The monoisotopic (exact) mass is 485 g/mol. The lowest BCUT2D eigenvalue weighted by Crippen LogP contribution is -2.42. The van der Waals surface area contributed by atoms with Crippen molar-refractivity contribution in [3.05, 3.63) is 64.2 Å². The third-order valence-electron chi connectivity index (χ3n) is 6.09. The van der Waals surface area contributed by atoms with E-state index in [1.54, 1.807) is 17.0 Å². The predicted octanol–water partition coefficient (Wildman–Crippen LogP) is 4.11. The van der Waals surface area contributed by atoms with E-state index in [4.69, 9.17) is 17.3 Å². The first-order valence-corrected chi connectivity index (χ1v) is 12.1. The Hall–Kier alpha value is -2.90. The highest BCUT2D eigenvalue weighted by Crippen LogP contribution is 2.30. The van der Waals surface area contributed by atoms with Crippen molar-refractivity contribution in [3.8, 4) is 0 Å². The Labute approximate surface area is 205 Å². The lowest BCUT2D eigenvalue weighted by atomic mass is 10.0. The van der Waals surface area contributed by atoms with Gasteiger partial charge in [0.25, 0.3) is 5.91 Å². The first-order valence-electron chi connectivity index (χ1n) is 11.7. The summed E-state index contributed by atoms with van der Waals surface area (Å²) >= 11 is 6.00. The molecule has 0 radical (unpaired) electrons. The Bertz CT molecular complexity index is 1030. The second-order valence-corrected chi connectivity index (χ2v) is 9.27. The summed E-state index contributed by atoms with van der Waals surface area (Å²) in [4.78, 5) is 41.1. The molecule has 2 aromatic carbocycles. The summed E-state index contributed by atoms with van der Waals surface area (Å²) in [7, 11) is 0. The number of hydrogen-bond donors (Lipinski definition) is 2. The SMILES string of the molecule is CC(CN1CC(=O)N(Cc2ccc(Cl)cc2)c2ccc(CCCCCCN)cc2C1=O)C(=O)O. The number of halogens is 1. The minimum absolute atomic E-state index is 0.0303. The topological polar surface area (TPSA) is 104 Å². The van der Waals surface area contributed by atoms with Crippen molar-refractivity contribution in [1.29, 1.82) is 0 Å². The fraction of sp³-hybridized carbons (Fsp3) is 0.423. The van der Waals surface area contributed by atoms with Crippen LogP contribution in [-0.2, 0) is 22.6 Å². The number of rotatable bonds is 11. The third-order valence-corrected chi connectivity index (χ3v) is 6.34. The highest BCUT2D eigenvalue weighted by molar-refractivity contribution is 6.30. The molecule has 8 heteroatoms. The van der Waals surface area contributed by atoms with Gasteiger partial charge in [0.1, 0.15) is 6.54 Å². The summed E-state index contributed by atoms with van der Waals surface area (Å²) in [5, 5.41) is 9.95. The van der Waals surface area contributed by atoms with Gasteiger partial charge in [-0.15, -0.1) is 0 Å². The zero-order chi connectivity index (χ0) is 24.7. The van der Waals surface area contributed by atoms with E-state index < -0.39 is 11.9 Å². The van der Waals surface area contributed by atoms with Gasteiger partial charge in [0, 0.05) is 11.6 Å². The van der Waals surface area contributed by atoms with Crippen molar-refractivity contribution < 1.29 is 19.5 Å². The maximum atomic E-state index is 13.5. The van der Waals surface area contributed by atoms with Crippen molar-refractivity contribution in [2.24, 2.45) is 11.7 Å². The molecule has 0 aliphatic carbocycles. The van der Waals surface area contributed by atoms with Gasteiger partial charge in [-0.2, -0.15) is 0 Å². The van der Waals surface area contributed by atoms with Crippen molar-refractivity contribution in [2.75, 3.05) is 24.5 Å². The Morgan fingerprint density at radius 3 is 2.41 bits per heavy atom. The zero-order valence-corrected chi connectivity index (χ0v) is 20.3. The molecule has 3 N–H and O–H groups in total. The number of anilines is 1. The molecule has 182 valence electrons. The molecule has 1 heterocycles. The van der Waals surface area contributed by atoms with Gasteiger partial charge in [0.05, 0.1) is 23.7 Å². The molecular weight excluding hydrogens is 454 g/mol. The molecule has 1 atom stereocenters. The van der Waals surface area contributed by atoms with Gasteiger partial charge in [0.15, 0.2) is 0 Å². The first-order chi connectivity index (χ1) is 16.3. The molecule has 0 spiro atoms. The molecule has 1 aliphatic rings. The number of aliphatic carboxylic acids is 1. The fourth-order valence-electron chi connectivity index (χ4n) is 4.10. The number of amides is 2. The number of aryl methyl sites for hydroxylation is 1. The van der Waals surface area contributed by atoms with E-state index in [1.807, 2.05) is 30.3 Å². The first kappa shape index (κ1) is 25.7. The second-order valence-electron chi connectivity index (χ2n) is 8.84. The summed E-state index contributed by atoms with van der Waals surface area (Å²) in [6, 6.07) is 12.9. The van der Waals surface area contributed by atoms with E-state index in [0.717, 1.165) is 43.2 Å². The number of benzene rings is 2. The summed E-state index contributed by atoms with van der Waals surface area (Å²) in [6.07, 6.45) is 4.94. The number of carbonyl (C=O) groups excluding carboxylic acids is 2. The smallest absolute Gasteiger partial charge is 0.308 e. The van der Waals surface area contributed by atoms with Crippen LogP contribution in [0.25, 0.3) is 0 Å². The van der Waals surface area contributed by atoms with Gasteiger partial charge in [-0.05, 0) is 61.2 Å². The molecule has 2 aromatic rings. The van der Waals surface area contributed by atoms with Crippen LogP contribution in [-0.4, -0.2) is 47.4 Å². The second kappa shape index (κ2) is 12.0. The molecule has 0 saturated carbocycles. The number of nitrogens with zero attached hydrogens (tertiary/aromatic N) is 2. The number of carbonyl (C=O) groups is 3. The summed E-state index contributed by atoms with van der Waals surface area (Å²) in [5.41, 5.74) is 8.44. The van der Waals surface area contributed by atoms with Gasteiger partial charge >= 0.3 is 5.97 Å². The highest BCUT2D eigenvalue weighted by atomic mass is 35.5. The van der Waals surface area contributed by atoms with Crippen LogP contribution in [0, 0.1) is 5.92 Å². The van der Waals surface area contributed by atoms with Gasteiger partial charge in [-0.25, -0.2) is 0 Å². The molecular formula is C26H32ClN3O4. The number of hydrogen-bond acceptors (Lipinski definition) is 4. The summed E-state index contributed by atoms with van der Waals surface area (Å²) < 4.78 is 0. The Kier molecular flexibility index (Phi) is 9.07. The quantitative estimate of drug-likeness (QED) is 0.466. The van der Waals surface area contributed by atoms with Crippen molar-refractivity contribution in [3.63, 3.8) is 0 Å². The van der Waals surface area contributed by atoms with Crippen LogP contribution >= 0.6 is 11.6 Å². The van der Waals surface area contributed by atoms with E-state index in [2.05, 4.69) is 0 Å². The third kappa shape index (κ3) is 6.58. The van der Waals surface area contributed by atoms with Gasteiger partial charge in [-0.1, -0.05) is 49.6 Å². The van der Waals surface area contributed by atoms with E-state index >= 15 is 0 Å². The summed E-state index contributed by atoms with van der Waals surface area (Å²) in [6.45, 7) is 2.31. The van der Waals surface area contributed by atoms with Crippen LogP contribution in [0.15, 0.2) is 42.5 Å². The molecule has 0 fully saturated rings. The van der Waals surface area contributed by atoms with E-state index in [-0.39, 0.29) is 31.4 Å². The van der Waals surface area contributed by atoms with Crippen molar-refractivity contribution in [2.45, 2.75) is 45.6 Å². The molecule has 1 aliphatic heterocycles. The maximum absolute atomic E-state index is 13.5. The minimum atomic E-state index is -1.01. The van der Waals surface area contributed by atoms with Gasteiger partial charge < -0.3 is 20.6 Å². The predicted molar refractivity (Wildman–Crippen MR) is 133 cm³/mol. The highest BCUT2D eigenvalue weighted by Gasteiger charge is 2.33. The molecule has 7 nitrogen and oxygen atoms in total. The zero-order valence-electron chi connectivity index (χ0n) is 19.5. The number of carboxylic acids is 1. The van der Waals surface area contributed by atoms with Crippen LogP contribution in [0.5, 0.6) is 0 Å². The van der Waals surface area contributed by atoms with Crippen LogP contribution in [0.4, 0.5) is 5.69 Å². The van der Waals surface area contributed by atoms with E-state index in [9.17, 15) is 19.5 Å². The average Bonchev–Trinajstić information content (AvgIpc) is 2.90. The van der Waals surface area contributed by atoms with Gasteiger partial charge in [0.2, 0.25) is 5.91 Å². The molecule has 34 heavy (non-hydrogen) atoms.